The second-order valence-corrected chi connectivity index (χ2v) is 13.1. The van der Waals surface area contributed by atoms with Gasteiger partial charge in [-0.1, -0.05) is 141 Å². The largest absolute Gasteiger partial charge is 0.355 e. The summed E-state index contributed by atoms with van der Waals surface area (Å²) in [6, 6.07) is 0. The molecule has 0 aromatic carbocycles. The summed E-state index contributed by atoms with van der Waals surface area (Å²) in [6.45, 7) is 7.31. The first kappa shape index (κ1) is 43.4. The molecular formula is C40H77N3O2. The lowest BCUT2D eigenvalue weighted by Crippen LogP contribution is -2.36. The molecule has 0 aliphatic heterocycles. The molecule has 0 bridgehead atoms. The molecule has 0 radical (unpaired) electrons. The Bertz CT molecular complexity index is 620. The van der Waals surface area contributed by atoms with Crippen molar-refractivity contribution >= 4 is 11.8 Å². The van der Waals surface area contributed by atoms with E-state index < -0.39 is 0 Å². The van der Waals surface area contributed by atoms with E-state index in [-0.39, 0.29) is 11.8 Å². The van der Waals surface area contributed by atoms with Crippen LogP contribution < -0.4 is 16.0 Å². The first-order valence-corrected chi connectivity index (χ1v) is 19.7. The molecule has 0 aromatic heterocycles. The Balaban J connectivity index is 3.31. The van der Waals surface area contributed by atoms with Crippen molar-refractivity contribution in [2.75, 3.05) is 26.2 Å². The molecular weight excluding hydrogens is 554 g/mol. The minimum Gasteiger partial charge on any atom is -0.355 e. The van der Waals surface area contributed by atoms with Gasteiger partial charge in [-0.25, -0.2) is 0 Å². The van der Waals surface area contributed by atoms with E-state index in [1.165, 1.54) is 141 Å². The van der Waals surface area contributed by atoms with Crippen molar-refractivity contribution in [1.29, 1.82) is 0 Å². The van der Waals surface area contributed by atoms with Crippen LogP contribution in [-0.4, -0.2) is 38.0 Å². The Morgan fingerprint density at radius 3 is 1.00 bits per heavy atom. The Morgan fingerprint density at radius 2 is 0.667 bits per heavy atom. The van der Waals surface area contributed by atoms with Crippen LogP contribution in [0.5, 0.6) is 0 Å². The fraction of sp³-hybridized carbons (Fsp3) is 0.850. The summed E-state index contributed by atoms with van der Waals surface area (Å²) in [6.07, 6.45) is 43.9. The highest BCUT2D eigenvalue weighted by Crippen LogP contribution is 2.11. The molecule has 0 spiro atoms. The molecule has 0 fully saturated rings. The van der Waals surface area contributed by atoms with Gasteiger partial charge >= 0.3 is 0 Å². The van der Waals surface area contributed by atoms with Gasteiger partial charge in [0.1, 0.15) is 0 Å². The van der Waals surface area contributed by atoms with Crippen LogP contribution in [0.1, 0.15) is 194 Å². The van der Waals surface area contributed by atoms with Crippen LogP contribution >= 0.6 is 0 Å². The summed E-state index contributed by atoms with van der Waals surface area (Å²) in [4.78, 5) is 24.1. The fourth-order valence-electron chi connectivity index (χ4n) is 5.59. The number of hydrogen-bond acceptors (Lipinski definition) is 3. The van der Waals surface area contributed by atoms with Crippen LogP contribution in [0.4, 0.5) is 0 Å². The van der Waals surface area contributed by atoms with E-state index in [0.29, 0.717) is 25.9 Å². The van der Waals surface area contributed by atoms with Crippen molar-refractivity contribution in [2.24, 2.45) is 0 Å². The highest BCUT2D eigenvalue weighted by molar-refractivity contribution is 5.76. The quantitative estimate of drug-likeness (QED) is 0.0476. The number of hydrogen-bond donors (Lipinski definition) is 3. The summed E-state index contributed by atoms with van der Waals surface area (Å²) in [5.41, 5.74) is 0. The number of allylic oxidation sites excluding steroid dienone is 4. The Labute approximate surface area is 281 Å². The number of amides is 2. The molecule has 0 aliphatic rings. The molecule has 0 aliphatic carbocycles. The third kappa shape index (κ3) is 38.5. The fourth-order valence-corrected chi connectivity index (χ4v) is 5.59. The first-order valence-electron chi connectivity index (χ1n) is 19.7. The zero-order chi connectivity index (χ0) is 32.7. The van der Waals surface area contributed by atoms with E-state index in [1.807, 2.05) is 0 Å². The summed E-state index contributed by atoms with van der Waals surface area (Å²) in [5.74, 6) is 0.311. The van der Waals surface area contributed by atoms with Gasteiger partial charge in [0.2, 0.25) is 11.8 Å². The van der Waals surface area contributed by atoms with Crippen LogP contribution in [-0.2, 0) is 9.59 Å². The minimum atomic E-state index is 0.155. The summed E-state index contributed by atoms with van der Waals surface area (Å²) >= 11 is 0. The molecule has 3 N–H and O–H groups in total. The average Bonchev–Trinajstić information content (AvgIpc) is 3.04. The van der Waals surface area contributed by atoms with Crippen molar-refractivity contribution in [1.82, 2.24) is 16.0 Å². The average molecular weight is 632 g/mol. The molecule has 5 heteroatoms. The van der Waals surface area contributed by atoms with Gasteiger partial charge in [-0.2, -0.15) is 0 Å². The van der Waals surface area contributed by atoms with Gasteiger partial charge in [-0.3, -0.25) is 9.59 Å². The zero-order valence-corrected chi connectivity index (χ0v) is 30.3. The van der Waals surface area contributed by atoms with Crippen LogP contribution in [0, 0.1) is 0 Å². The van der Waals surface area contributed by atoms with Crippen LogP contribution in [0.3, 0.4) is 0 Å². The molecule has 2 amide bonds. The van der Waals surface area contributed by atoms with Crippen LogP contribution in [0.2, 0.25) is 0 Å². The monoisotopic (exact) mass is 632 g/mol. The predicted molar refractivity (Wildman–Crippen MR) is 198 cm³/mol. The molecule has 0 unspecified atom stereocenters. The van der Waals surface area contributed by atoms with E-state index in [0.717, 1.165) is 38.8 Å². The summed E-state index contributed by atoms with van der Waals surface area (Å²) in [7, 11) is 0. The van der Waals surface area contributed by atoms with Gasteiger partial charge < -0.3 is 16.0 Å². The van der Waals surface area contributed by atoms with E-state index in [4.69, 9.17) is 0 Å². The molecule has 0 saturated heterocycles. The van der Waals surface area contributed by atoms with Crippen molar-refractivity contribution in [3.63, 3.8) is 0 Å². The standard InChI is InChI=1S/C40H77N3O2/c1-3-5-7-9-11-13-15-17-19-21-23-25-27-29-31-33-39(44)42-37-35-41-36-38-43-40(45)34-32-30-28-26-24-22-20-18-16-14-12-10-8-6-4-2/h17-20,41H,3-16,21-38H2,1-2H3,(H,42,44)(H,43,45)/b19-17-,20-18-. The first-order chi connectivity index (χ1) is 22.2. The molecule has 0 saturated carbocycles. The Morgan fingerprint density at radius 1 is 0.378 bits per heavy atom. The van der Waals surface area contributed by atoms with Crippen LogP contribution in [0.25, 0.3) is 0 Å². The molecule has 0 rings (SSSR count). The predicted octanol–water partition coefficient (Wildman–Crippen LogP) is 10.9. The number of unbranched alkanes of at least 4 members (excludes halogenated alkanes) is 22. The van der Waals surface area contributed by atoms with Gasteiger partial charge in [-0.15, -0.1) is 0 Å². The molecule has 0 atom stereocenters. The third-order valence-electron chi connectivity index (χ3n) is 8.58. The Hall–Kier alpha value is -1.62. The zero-order valence-electron chi connectivity index (χ0n) is 30.3. The lowest BCUT2D eigenvalue weighted by Gasteiger charge is -2.08. The van der Waals surface area contributed by atoms with Crippen molar-refractivity contribution < 1.29 is 9.59 Å². The SMILES string of the molecule is CCCCCCCC/C=C\CCCCCCCC(=O)NCCNCCNC(=O)CCCCCCC/C=C\CCCCCCCC. The Kier molecular flexibility index (Phi) is 37.2. The summed E-state index contributed by atoms with van der Waals surface area (Å²) < 4.78 is 0. The highest BCUT2D eigenvalue weighted by Gasteiger charge is 2.02. The normalized spacial score (nSPS) is 11.6. The molecule has 264 valence electrons. The minimum absolute atomic E-state index is 0.155. The molecule has 45 heavy (non-hydrogen) atoms. The van der Waals surface area contributed by atoms with Gasteiger partial charge in [0, 0.05) is 39.0 Å². The number of rotatable bonds is 36. The van der Waals surface area contributed by atoms with Gasteiger partial charge in [-0.05, 0) is 64.2 Å². The number of nitrogens with one attached hydrogen (secondary N) is 3. The van der Waals surface area contributed by atoms with Crippen molar-refractivity contribution in [3.05, 3.63) is 24.3 Å². The second-order valence-electron chi connectivity index (χ2n) is 13.1. The number of carbonyl (C=O) groups excluding carboxylic acids is 2. The lowest BCUT2D eigenvalue weighted by molar-refractivity contribution is -0.121. The molecule has 0 aromatic rings. The van der Waals surface area contributed by atoms with Crippen LogP contribution in [0.15, 0.2) is 24.3 Å². The second kappa shape index (κ2) is 38.6. The topological polar surface area (TPSA) is 70.2 Å². The highest BCUT2D eigenvalue weighted by atomic mass is 16.2. The van der Waals surface area contributed by atoms with Gasteiger partial charge in [0.05, 0.1) is 0 Å². The van der Waals surface area contributed by atoms with Crippen molar-refractivity contribution in [2.45, 2.75) is 194 Å². The molecule has 0 heterocycles. The number of carbonyl (C=O) groups is 2. The molecule has 5 nitrogen and oxygen atoms in total. The van der Waals surface area contributed by atoms with E-state index in [9.17, 15) is 9.59 Å². The van der Waals surface area contributed by atoms with E-state index >= 15 is 0 Å². The smallest absolute Gasteiger partial charge is 0.220 e. The van der Waals surface area contributed by atoms with Gasteiger partial charge in [0.25, 0.3) is 0 Å². The van der Waals surface area contributed by atoms with Gasteiger partial charge in [0.15, 0.2) is 0 Å². The maximum atomic E-state index is 12.0. The maximum absolute atomic E-state index is 12.0. The third-order valence-corrected chi connectivity index (χ3v) is 8.58. The maximum Gasteiger partial charge on any atom is 0.220 e. The van der Waals surface area contributed by atoms with E-state index in [2.05, 4.69) is 54.1 Å². The van der Waals surface area contributed by atoms with E-state index in [1.54, 1.807) is 0 Å². The lowest BCUT2D eigenvalue weighted by atomic mass is 10.1. The van der Waals surface area contributed by atoms with Crippen molar-refractivity contribution in [3.8, 4) is 0 Å². The summed E-state index contributed by atoms with van der Waals surface area (Å²) in [5, 5.41) is 9.30.